The lowest BCUT2D eigenvalue weighted by atomic mass is 10.2. The molecule has 1 rings (SSSR count). The van der Waals surface area contributed by atoms with Crippen molar-refractivity contribution in [2.24, 2.45) is 0 Å². The molecule has 0 bridgehead atoms. The molecule has 0 aliphatic rings. The number of nitrogens with one attached hydrogen (secondary N) is 1. The van der Waals surface area contributed by atoms with Crippen LogP contribution in [0.25, 0.3) is 0 Å². The Morgan fingerprint density at radius 3 is 3.08 bits per heavy atom. The maximum absolute atomic E-state index is 8.87. The second-order valence-electron chi connectivity index (χ2n) is 2.65. The Morgan fingerprint density at radius 2 is 2.58 bits per heavy atom. The lowest BCUT2D eigenvalue weighted by Crippen LogP contribution is -2.31. The molecule has 1 unspecified atom stereocenters. The van der Waals surface area contributed by atoms with Crippen LogP contribution in [0.2, 0.25) is 0 Å². The first-order valence-electron chi connectivity index (χ1n) is 4.08. The van der Waals surface area contributed by atoms with E-state index in [2.05, 4.69) is 17.2 Å². The molecule has 4 heteroatoms. The lowest BCUT2D eigenvalue weighted by molar-refractivity contribution is 0.238. The minimum absolute atomic E-state index is 0.195. The Kier molecular flexibility index (Phi) is 4.21. The molecule has 0 fully saturated rings. The fourth-order valence-corrected chi connectivity index (χ4v) is 1.47. The Balaban J connectivity index is 2.25. The van der Waals surface area contributed by atoms with Gasteiger partial charge in [-0.15, -0.1) is 11.3 Å². The Hall–Kier alpha value is -0.450. The molecule has 2 N–H and O–H groups in total. The summed E-state index contributed by atoms with van der Waals surface area (Å²) in [5.41, 5.74) is 2.86. The molecular formula is C8H14N2OS. The van der Waals surface area contributed by atoms with Crippen molar-refractivity contribution in [2.75, 3.05) is 6.61 Å². The Bertz CT molecular complexity index is 197. The van der Waals surface area contributed by atoms with Gasteiger partial charge in [-0.25, -0.2) is 4.98 Å². The molecule has 0 aliphatic carbocycles. The number of hydrogen-bond acceptors (Lipinski definition) is 4. The molecule has 12 heavy (non-hydrogen) atoms. The molecule has 0 aromatic carbocycles. The molecule has 0 spiro atoms. The summed E-state index contributed by atoms with van der Waals surface area (Å²) in [6.45, 7) is 3.00. The fraction of sp³-hybridized carbons (Fsp3) is 0.625. The third kappa shape index (κ3) is 2.89. The predicted molar refractivity (Wildman–Crippen MR) is 50.1 cm³/mol. The van der Waals surface area contributed by atoms with Gasteiger partial charge in [0, 0.05) is 18.0 Å². The van der Waals surface area contributed by atoms with Gasteiger partial charge < -0.3 is 10.4 Å². The number of aliphatic hydroxyl groups excluding tert-OH is 1. The van der Waals surface area contributed by atoms with E-state index in [-0.39, 0.29) is 12.6 Å². The van der Waals surface area contributed by atoms with Crippen LogP contribution in [0.5, 0.6) is 0 Å². The molecule has 3 nitrogen and oxygen atoms in total. The van der Waals surface area contributed by atoms with E-state index in [9.17, 15) is 0 Å². The average molecular weight is 186 g/mol. The van der Waals surface area contributed by atoms with E-state index in [1.54, 1.807) is 11.3 Å². The Labute approximate surface area is 76.5 Å². The molecule has 1 aromatic rings. The van der Waals surface area contributed by atoms with E-state index in [1.165, 1.54) is 0 Å². The molecule has 0 amide bonds. The second-order valence-corrected chi connectivity index (χ2v) is 3.37. The van der Waals surface area contributed by atoms with E-state index in [4.69, 9.17) is 5.11 Å². The summed E-state index contributed by atoms with van der Waals surface area (Å²) in [5.74, 6) is 0. The van der Waals surface area contributed by atoms with Gasteiger partial charge in [0.1, 0.15) is 0 Å². The van der Waals surface area contributed by atoms with Gasteiger partial charge in [0.05, 0.1) is 17.8 Å². The van der Waals surface area contributed by atoms with Crippen LogP contribution in [-0.4, -0.2) is 22.7 Å². The number of nitrogens with zero attached hydrogens (tertiary/aromatic N) is 1. The van der Waals surface area contributed by atoms with E-state index < -0.39 is 0 Å². The van der Waals surface area contributed by atoms with Crippen LogP contribution in [0.4, 0.5) is 0 Å². The highest BCUT2D eigenvalue weighted by molar-refractivity contribution is 7.07. The zero-order valence-electron chi connectivity index (χ0n) is 7.16. The van der Waals surface area contributed by atoms with Crippen LogP contribution >= 0.6 is 11.3 Å². The van der Waals surface area contributed by atoms with Gasteiger partial charge in [-0.3, -0.25) is 0 Å². The van der Waals surface area contributed by atoms with Gasteiger partial charge in [0.2, 0.25) is 0 Å². The van der Waals surface area contributed by atoms with Crippen LogP contribution in [0, 0.1) is 0 Å². The van der Waals surface area contributed by atoms with E-state index in [0.29, 0.717) is 0 Å². The number of aromatic nitrogens is 1. The molecule has 68 valence electrons. The molecule has 0 radical (unpaired) electrons. The highest BCUT2D eigenvalue weighted by atomic mass is 32.1. The summed E-state index contributed by atoms with van der Waals surface area (Å²) in [4.78, 5) is 4.13. The topological polar surface area (TPSA) is 45.1 Å². The van der Waals surface area contributed by atoms with Crippen molar-refractivity contribution in [3.8, 4) is 0 Å². The molecule has 1 heterocycles. The van der Waals surface area contributed by atoms with Crippen molar-refractivity contribution in [2.45, 2.75) is 25.9 Å². The van der Waals surface area contributed by atoms with Crippen LogP contribution in [0.3, 0.4) is 0 Å². The van der Waals surface area contributed by atoms with Gasteiger partial charge >= 0.3 is 0 Å². The predicted octanol–water partition coefficient (Wildman–Crippen LogP) is 1.00. The van der Waals surface area contributed by atoms with Crippen molar-refractivity contribution >= 4 is 11.3 Å². The van der Waals surface area contributed by atoms with Crippen molar-refractivity contribution in [1.29, 1.82) is 0 Å². The quantitative estimate of drug-likeness (QED) is 0.721. The van der Waals surface area contributed by atoms with E-state index >= 15 is 0 Å². The first-order valence-corrected chi connectivity index (χ1v) is 5.02. The Morgan fingerprint density at radius 1 is 1.75 bits per heavy atom. The number of thiazole rings is 1. The molecule has 0 saturated carbocycles. The van der Waals surface area contributed by atoms with Crippen molar-refractivity contribution in [3.63, 3.8) is 0 Å². The third-order valence-corrected chi connectivity index (χ3v) is 2.40. The smallest absolute Gasteiger partial charge is 0.0795 e. The molecular weight excluding hydrogens is 172 g/mol. The number of aliphatic hydroxyl groups is 1. The van der Waals surface area contributed by atoms with Crippen LogP contribution < -0.4 is 5.32 Å². The van der Waals surface area contributed by atoms with E-state index in [1.807, 2.05) is 10.9 Å². The maximum atomic E-state index is 8.87. The summed E-state index contributed by atoms with van der Waals surface area (Å²) >= 11 is 1.59. The SMILES string of the molecule is CCC(CO)NCc1cscn1. The lowest BCUT2D eigenvalue weighted by Gasteiger charge is -2.12. The summed E-state index contributed by atoms with van der Waals surface area (Å²) in [5, 5.41) is 14.1. The van der Waals surface area contributed by atoms with E-state index in [0.717, 1.165) is 18.7 Å². The first-order chi connectivity index (χ1) is 5.86. The molecule has 1 aromatic heterocycles. The monoisotopic (exact) mass is 186 g/mol. The number of hydrogen-bond donors (Lipinski definition) is 2. The zero-order chi connectivity index (χ0) is 8.81. The standard InChI is InChI=1S/C8H14N2OS/c1-2-7(4-11)9-3-8-5-12-6-10-8/h5-7,9,11H,2-4H2,1H3. The van der Waals surface area contributed by atoms with Gasteiger partial charge in [0.25, 0.3) is 0 Å². The van der Waals surface area contributed by atoms with Crippen molar-refractivity contribution < 1.29 is 5.11 Å². The van der Waals surface area contributed by atoms with Crippen LogP contribution in [0.1, 0.15) is 19.0 Å². The van der Waals surface area contributed by atoms with Gasteiger partial charge in [0.15, 0.2) is 0 Å². The summed E-state index contributed by atoms with van der Waals surface area (Å²) in [7, 11) is 0. The van der Waals surface area contributed by atoms with Crippen LogP contribution in [0.15, 0.2) is 10.9 Å². The molecule has 1 atom stereocenters. The van der Waals surface area contributed by atoms with Crippen molar-refractivity contribution in [3.05, 3.63) is 16.6 Å². The average Bonchev–Trinajstić information content (AvgIpc) is 2.59. The minimum Gasteiger partial charge on any atom is -0.395 e. The summed E-state index contributed by atoms with van der Waals surface area (Å²) in [6, 6.07) is 0.201. The zero-order valence-corrected chi connectivity index (χ0v) is 7.97. The fourth-order valence-electron chi connectivity index (χ4n) is 0.912. The van der Waals surface area contributed by atoms with Crippen molar-refractivity contribution in [1.82, 2.24) is 10.3 Å². The maximum Gasteiger partial charge on any atom is 0.0795 e. The first kappa shape index (κ1) is 9.64. The minimum atomic E-state index is 0.195. The normalized spacial score (nSPS) is 13.2. The van der Waals surface area contributed by atoms with Gasteiger partial charge in [-0.1, -0.05) is 6.92 Å². The molecule has 0 saturated heterocycles. The largest absolute Gasteiger partial charge is 0.395 e. The molecule has 0 aliphatic heterocycles. The second kappa shape index (κ2) is 5.24. The van der Waals surface area contributed by atoms with Gasteiger partial charge in [-0.2, -0.15) is 0 Å². The van der Waals surface area contributed by atoms with Gasteiger partial charge in [-0.05, 0) is 6.42 Å². The highest BCUT2D eigenvalue weighted by Gasteiger charge is 2.03. The third-order valence-electron chi connectivity index (χ3n) is 1.77. The number of rotatable bonds is 5. The summed E-state index contributed by atoms with van der Waals surface area (Å²) < 4.78 is 0. The summed E-state index contributed by atoms with van der Waals surface area (Å²) in [6.07, 6.45) is 0.945. The van der Waals surface area contributed by atoms with Crippen LogP contribution in [-0.2, 0) is 6.54 Å². The highest BCUT2D eigenvalue weighted by Crippen LogP contribution is 2.01.